The van der Waals surface area contributed by atoms with Crippen molar-refractivity contribution in [2.75, 3.05) is 0 Å². The van der Waals surface area contributed by atoms with Gasteiger partial charge in [0.15, 0.2) is 0 Å². The maximum atomic E-state index is 5.85. The van der Waals surface area contributed by atoms with Gasteiger partial charge in [0.1, 0.15) is 11.6 Å². The predicted octanol–water partition coefficient (Wildman–Crippen LogP) is 3.19. The van der Waals surface area contributed by atoms with E-state index in [4.69, 9.17) is 11.6 Å². The van der Waals surface area contributed by atoms with Gasteiger partial charge in [0.05, 0.1) is 5.88 Å². The molecule has 4 heteroatoms. The smallest absolute Gasteiger partial charge is 0.147 e. The van der Waals surface area contributed by atoms with Crippen LogP contribution in [0.25, 0.3) is 0 Å². The van der Waals surface area contributed by atoms with Gasteiger partial charge in [-0.25, -0.2) is 0 Å². The van der Waals surface area contributed by atoms with E-state index in [9.17, 15) is 0 Å². The van der Waals surface area contributed by atoms with Gasteiger partial charge in [-0.3, -0.25) is 0 Å². The van der Waals surface area contributed by atoms with Crippen LogP contribution in [0.2, 0.25) is 0 Å². The van der Waals surface area contributed by atoms with Crippen LogP contribution in [0.5, 0.6) is 0 Å². The summed E-state index contributed by atoms with van der Waals surface area (Å²) in [6.45, 7) is 5.08. The minimum absolute atomic E-state index is 0.237. The summed E-state index contributed by atoms with van der Waals surface area (Å²) in [4.78, 5) is 0. The SMILES string of the molecule is CCn1c(CCl)nnc1C(C)c1ccccc1. The second-order valence-corrected chi connectivity index (χ2v) is 4.25. The van der Waals surface area contributed by atoms with Crippen LogP contribution in [0.1, 0.15) is 37.0 Å². The molecule has 0 saturated carbocycles. The van der Waals surface area contributed by atoms with Crippen molar-refractivity contribution in [2.45, 2.75) is 32.2 Å². The van der Waals surface area contributed by atoms with E-state index >= 15 is 0 Å². The largest absolute Gasteiger partial charge is 0.314 e. The van der Waals surface area contributed by atoms with Crippen LogP contribution in [0.4, 0.5) is 0 Å². The molecule has 1 aromatic carbocycles. The highest BCUT2D eigenvalue weighted by atomic mass is 35.5. The van der Waals surface area contributed by atoms with Crippen LogP contribution in [0.15, 0.2) is 30.3 Å². The number of nitrogens with zero attached hydrogens (tertiary/aromatic N) is 3. The summed E-state index contributed by atoms with van der Waals surface area (Å²) >= 11 is 5.85. The number of hydrogen-bond donors (Lipinski definition) is 0. The number of halogens is 1. The van der Waals surface area contributed by atoms with Gasteiger partial charge in [0.25, 0.3) is 0 Å². The molecule has 17 heavy (non-hydrogen) atoms. The zero-order valence-electron chi connectivity index (χ0n) is 10.1. The fourth-order valence-electron chi connectivity index (χ4n) is 2.00. The molecule has 0 aliphatic rings. The van der Waals surface area contributed by atoms with E-state index in [0.717, 1.165) is 18.2 Å². The summed E-state index contributed by atoms with van der Waals surface area (Å²) in [6, 6.07) is 10.3. The Morgan fingerprint density at radius 1 is 1.24 bits per heavy atom. The summed E-state index contributed by atoms with van der Waals surface area (Å²) in [5, 5.41) is 8.40. The van der Waals surface area contributed by atoms with E-state index in [1.54, 1.807) is 0 Å². The quantitative estimate of drug-likeness (QED) is 0.780. The van der Waals surface area contributed by atoms with E-state index in [-0.39, 0.29) is 5.92 Å². The lowest BCUT2D eigenvalue weighted by Gasteiger charge is -2.13. The van der Waals surface area contributed by atoms with Crippen LogP contribution in [0.3, 0.4) is 0 Å². The Morgan fingerprint density at radius 3 is 2.53 bits per heavy atom. The Balaban J connectivity index is 2.37. The molecular weight excluding hydrogens is 234 g/mol. The zero-order chi connectivity index (χ0) is 12.3. The van der Waals surface area contributed by atoms with Gasteiger partial charge in [-0.15, -0.1) is 21.8 Å². The third-order valence-corrected chi connectivity index (χ3v) is 3.22. The molecule has 0 fully saturated rings. The topological polar surface area (TPSA) is 30.7 Å². The fourth-order valence-corrected chi connectivity index (χ4v) is 2.20. The van der Waals surface area contributed by atoms with Gasteiger partial charge in [0, 0.05) is 12.5 Å². The third-order valence-electron chi connectivity index (χ3n) is 2.98. The number of aromatic nitrogens is 3. The monoisotopic (exact) mass is 249 g/mol. The molecule has 0 aliphatic carbocycles. The van der Waals surface area contributed by atoms with E-state index in [0.29, 0.717) is 5.88 Å². The summed E-state index contributed by atoms with van der Waals surface area (Å²) in [6.07, 6.45) is 0. The summed E-state index contributed by atoms with van der Waals surface area (Å²) in [5.41, 5.74) is 1.25. The zero-order valence-corrected chi connectivity index (χ0v) is 10.9. The van der Waals surface area contributed by atoms with E-state index in [1.165, 1.54) is 5.56 Å². The highest BCUT2D eigenvalue weighted by Gasteiger charge is 2.17. The molecule has 0 saturated heterocycles. The number of rotatable bonds is 4. The standard InChI is InChI=1S/C13H16ClN3/c1-3-17-12(9-14)15-16-13(17)10(2)11-7-5-4-6-8-11/h4-8,10H,3,9H2,1-2H3. The lowest BCUT2D eigenvalue weighted by molar-refractivity contribution is 0.652. The van der Waals surface area contributed by atoms with Gasteiger partial charge < -0.3 is 4.57 Å². The Kier molecular flexibility index (Phi) is 3.79. The molecule has 2 aromatic rings. The Bertz CT molecular complexity index is 479. The second-order valence-electron chi connectivity index (χ2n) is 3.98. The minimum Gasteiger partial charge on any atom is -0.314 e. The molecule has 1 aromatic heterocycles. The first-order valence-corrected chi connectivity index (χ1v) is 6.34. The molecule has 2 rings (SSSR count). The van der Waals surface area contributed by atoms with E-state index in [2.05, 4.69) is 40.7 Å². The molecule has 1 unspecified atom stereocenters. The molecule has 3 nitrogen and oxygen atoms in total. The first kappa shape index (κ1) is 12.1. The molecule has 1 heterocycles. The fraction of sp³-hybridized carbons (Fsp3) is 0.385. The van der Waals surface area contributed by atoms with Crippen LogP contribution in [-0.2, 0) is 12.4 Å². The second kappa shape index (κ2) is 5.32. The predicted molar refractivity (Wildman–Crippen MR) is 69.2 cm³/mol. The first-order valence-electron chi connectivity index (χ1n) is 5.80. The minimum atomic E-state index is 0.237. The van der Waals surface area contributed by atoms with Crippen LogP contribution < -0.4 is 0 Å². The molecule has 0 radical (unpaired) electrons. The van der Waals surface area contributed by atoms with E-state index in [1.807, 2.05) is 18.2 Å². The lowest BCUT2D eigenvalue weighted by Crippen LogP contribution is -2.09. The van der Waals surface area contributed by atoms with Crippen molar-refractivity contribution in [1.29, 1.82) is 0 Å². The Labute approximate surface area is 106 Å². The highest BCUT2D eigenvalue weighted by Crippen LogP contribution is 2.23. The van der Waals surface area contributed by atoms with Gasteiger partial charge in [-0.2, -0.15) is 0 Å². The number of hydrogen-bond acceptors (Lipinski definition) is 2. The average Bonchev–Trinajstić information content (AvgIpc) is 2.81. The molecule has 1 atom stereocenters. The maximum absolute atomic E-state index is 5.85. The van der Waals surface area contributed by atoms with Gasteiger partial charge in [0.2, 0.25) is 0 Å². The number of benzene rings is 1. The molecule has 0 aliphatic heterocycles. The van der Waals surface area contributed by atoms with Crippen molar-refractivity contribution in [3.63, 3.8) is 0 Å². The van der Waals surface area contributed by atoms with Crippen molar-refractivity contribution >= 4 is 11.6 Å². The van der Waals surface area contributed by atoms with Crippen molar-refractivity contribution in [3.8, 4) is 0 Å². The third kappa shape index (κ3) is 2.34. The van der Waals surface area contributed by atoms with Gasteiger partial charge in [-0.05, 0) is 12.5 Å². The maximum Gasteiger partial charge on any atom is 0.147 e. The summed E-state index contributed by atoms with van der Waals surface area (Å²) in [5.74, 6) is 2.46. The van der Waals surface area contributed by atoms with Crippen molar-refractivity contribution < 1.29 is 0 Å². The average molecular weight is 250 g/mol. The number of alkyl halides is 1. The van der Waals surface area contributed by atoms with Gasteiger partial charge in [-0.1, -0.05) is 37.3 Å². The molecule has 0 N–H and O–H groups in total. The molecule has 90 valence electrons. The molecular formula is C13H16ClN3. The van der Waals surface area contributed by atoms with Crippen LogP contribution in [0, 0.1) is 0 Å². The van der Waals surface area contributed by atoms with Crippen LogP contribution in [-0.4, -0.2) is 14.8 Å². The van der Waals surface area contributed by atoms with E-state index < -0.39 is 0 Å². The molecule has 0 bridgehead atoms. The van der Waals surface area contributed by atoms with Crippen LogP contribution >= 0.6 is 11.6 Å². The van der Waals surface area contributed by atoms with Crippen molar-refractivity contribution in [1.82, 2.24) is 14.8 Å². The first-order chi connectivity index (χ1) is 8.27. The summed E-state index contributed by atoms with van der Waals surface area (Å²) < 4.78 is 2.09. The Morgan fingerprint density at radius 2 is 1.94 bits per heavy atom. The van der Waals surface area contributed by atoms with Crippen molar-refractivity contribution in [2.24, 2.45) is 0 Å². The Hall–Kier alpha value is -1.35. The van der Waals surface area contributed by atoms with Gasteiger partial charge >= 0.3 is 0 Å². The highest BCUT2D eigenvalue weighted by molar-refractivity contribution is 6.16. The molecule has 0 amide bonds. The summed E-state index contributed by atoms with van der Waals surface area (Å²) in [7, 11) is 0. The normalized spacial score (nSPS) is 12.6. The van der Waals surface area contributed by atoms with Crippen molar-refractivity contribution in [3.05, 3.63) is 47.5 Å². The lowest BCUT2D eigenvalue weighted by atomic mass is 10.0. The molecule has 0 spiro atoms.